The van der Waals surface area contributed by atoms with Crippen LogP contribution in [-0.2, 0) is 29.1 Å². The lowest BCUT2D eigenvalue weighted by Crippen LogP contribution is -2.50. The zero-order valence-electron chi connectivity index (χ0n) is 26.3. The lowest BCUT2D eigenvalue weighted by atomic mass is 9.84. The number of hydrogen-bond donors (Lipinski definition) is 5. The van der Waals surface area contributed by atoms with Crippen molar-refractivity contribution in [1.29, 1.82) is 0 Å². The Kier molecular flexibility index (Phi) is 13.6. The summed E-state index contributed by atoms with van der Waals surface area (Å²) in [6.45, 7) is 5.15. The number of piperidine rings is 2. The molecule has 2 heterocycles. The molecule has 2 saturated heterocycles. The van der Waals surface area contributed by atoms with E-state index in [-0.39, 0.29) is 36.4 Å². The van der Waals surface area contributed by atoms with Gasteiger partial charge in [0.1, 0.15) is 6.04 Å². The number of carbonyl (C=O) groups excluding carboxylic acids is 3. The summed E-state index contributed by atoms with van der Waals surface area (Å²) in [6, 6.07) is 10.7. The van der Waals surface area contributed by atoms with Gasteiger partial charge < -0.3 is 26.0 Å². The molecular weight excluding hydrogens is 594 g/mol. The average Bonchev–Trinajstić information content (AvgIpc) is 3.06. The summed E-state index contributed by atoms with van der Waals surface area (Å²) in [4.78, 5) is 38.7. The first-order valence-corrected chi connectivity index (χ1v) is 17.9. The molecule has 248 valence electrons. The number of benzene rings is 2. The zero-order chi connectivity index (χ0) is 32.1. The van der Waals surface area contributed by atoms with Crippen LogP contribution in [0.3, 0.4) is 0 Å². The van der Waals surface area contributed by atoms with Crippen LogP contribution in [0.2, 0.25) is 0 Å². The second-order valence-corrected chi connectivity index (χ2v) is 13.9. The van der Waals surface area contributed by atoms with Crippen LogP contribution in [-0.4, -0.2) is 78.1 Å². The Morgan fingerprint density at radius 1 is 0.867 bits per heavy atom. The highest BCUT2D eigenvalue weighted by Crippen LogP contribution is 2.27. The summed E-state index contributed by atoms with van der Waals surface area (Å²) in [7, 11) is -4.11. The summed E-state index contributed by atoms with van der Waals surface area (Å²) < 4.78 is 33.8. The molecule has 2 fully saturated rings. The van der Waals surface area contributed by atoms with Gasteiger partial charge in [0.25, 0.3) is 0 Å². The molecule has 2 aromatic rings. The Bertz CT molecular complexity index is 1350. The SMILES string of the molecule is CCOC(=O)C(CNC(=O)CNC(=O)C(CCC1CCNCC1)CCC1CCNCC1)NS(=O)(=O)c1ccc2ccccc2c1. The first kappa shape index (κ1) is 34.8. The number of esters is 1. The van der Waals surface area contributed by atoms with Gasteiger partial charge in [0, 0.05) is 12.5 Å². The Morgan fingerprint density at radius 2 is 1.47 bits per heavy atom. The van der Waals surface area contributed by atoms with Gasteiger partial charge in [-0.3, -0.25) is 14.4 Å². The van der Waals surface area contributed by atoms with Gasteiger partial charge in [-0.05, 0) is 119 Å². The fourth-order valence-corrected chi connectivity index (χ4v) is 7.44. The van der Waals surface area contributed by atoms with E-state index in [9.17, 15) is 22.8 Å². The lowest BCUT2D eigenvalue weighted by molar-refractivity contribution is -0.145. The van der Waals surface area contributed by atoms with Crippen LogP contribution < -0.4 is 26.0 Å². The third-order valence-corrected chi connectivity index (χ3v) is 10.4. The molecule has 0 aliphatic carbocycles. The maximum Gasteiger partial charge on any atom is 0.326 e. The van der Waals surface area contributed by atoms with Crippen LogP contribution in [0, 0.1) is 17.8 Å². The molecule has 45 heavy (non-hydrogen) atoms. The third-order valence-electron chi connectivity index (χ3n) is 8.96. The predicted octanol–water partition coefficient (Wildman–Crippen LogP) is 2.46. The van der Waals surface area contributed by atoms with Gasteiger partial charge >= 0.3 is 5.97 Å². The molecule has 2 aromatic carbocycles. The van der Waals surface area contributed by atoms with Gasteiger partial charge in [-0.1, -0.05) is 30.3 Å². The van der Waals surface area contributed by atoms with Gasteiger partial charge in [0.2, 0.25) is 21.8 Å². The number of nitrogens with one attached hydrogen (secondary N) is 5. The van der Waals surface area contributed by atoms with Crippen LogP contribution in [0.4, 0.5) is 0 Å². The summed E-state index contributed by atoms with van der Waals surface area (Å²) in [5.74, 6) is -0.389. The summed E-state index contributed by atoms with van der Waals surface area (Å²) >= 11 is 0. The van der Waals surface area contributed by atoms with E-state index in [1.165, 1.54) is 12.1 Å². The van der Waals surface area contributed by atoms with Crippen LogP contribution >= 0.6 is 0 Å². The van der Waals surface area contributed by atoms with Gasteiger partial charge in [0.15, 0.2) is 0 Å². The standard InChI is InChI=1S/C33H49N5O6S/c1-2-44-33(41)30(38-45(42,43)29-12-11-26-5-3-4-6-28(26)21-29)22-36-31(39)23-37-32(40)27(9-7-24-13-17-34-18-14-24)10-8-25-15-19-35-20-16-25/h3-6,11-12,21,24-25,27,30,34-35,38H,2,7-10,13-20,22-23H2,1H3,(H,36,39)(H,37,40). The van der Waals surface area contributed by atoms with Gasteiger partial charge in [-0.2, -0.15) is 4.72 Å². The quantitative estimate of drug-likeness (QED) is 0.175. The predicted molar refractivity (Wildman–Crippen MR) is 174 cm³/mol. The lowest BCUT2D eigenvalue weighted by Gasteiger charge is -2.27. The third kappa shape index (κ3) is 11.1. The second-order valence-electron chi connectivity index (χ2n) is 12.2. The van der Waals surface area contributed by atoms with Crippen molar-refractivity contribution in [1.82, 2.24) is 26.0 Å². The highest BCUT2D eigenvalue weighted by atomic mass is 32.2. The maximum atomic E-state index is 13.3. The van der Waals surface area contributed by atoms with Crippen molar-refractivity contribution in [3.63, 3.8) is 0 Å². The van der Waals surface area contributed by atoms with E-state index in [2.05, 4.69) is 26.0 Å². The second kappa shape index (κ2) is 17.6. The smallest absolute Gasteiger partial charge is 0.326 e. The van der Waals surface area contributed by atoms with Crippen molar-refractivity contribution < 1.29 is 27.5 Å². The molecule has 5 N–H and O–H groups in total. The molecule has 2 aliphatic rings. The number of rotatable bonds is 16. The van der Waals surface area contributed by atoms with E-state index in [0.29, 0.717) is 11.8 Å². The first-order chi connectivity index (χ1) is 21.7. The van der Waals surface area contributed by atoms with Crippen molar-refractivity contribution in [2.24, 2.45) is 17.8 Å². The van der Waals surface area contributed by atoms with Crippen molar-refractivity contribution in [2.45, 2.75) is 69.2 Å². The van der Waals surface area contributed by atoms with Crippen LogP contribution in [0.25, 0.3) is 10.8 Å². The van der Waals surface area contributed by atoms with E-state index in [0.717, 1.165) is 88.3 Å². The molecule has 0 aromatic heterocycles. The molecular formula is C33H49N5O6S. The number of sulfonamides is 1. The minimum Gasteiger partial charge on any atom is -0.465 e. The molecule has 11 nitrogen and oxygen atoms in total. The van der Waals surface area contributed by atoms with Crippen LogP contribution in [0.15, 0.2) is 47.4 Å². The molecule has 0 spiro atoms. The highest BCUT2D eigenvalue weighted by Gasteiger charge is 2.28. The first-order valence-electron chi connectivity index (χ1n) is 16.4. The molecule has 2 amide bonds. The van der Waals surface area contributed by atoms with Crippen molar-refractivity contribution in [2.75, 3.05) is 45.9 Å². The summed E-state index contributed by atoms with van der Waals surface area (Å²) in [6.07, 6.45) is 8.08. The highest BCUT2D eigenvalue weighted by molar-refractivity contribution is 7.89. The molecule has 1 atom stereocenters. The zero-order valence-corrected chi connectivity index (χ0v) is 27.1. The van der Waals surface area contributed by atoms with Crippen LogP contribution in [0.5, 0.6) is 0 Å². The maximum absolute atomic E-state index is 13.3. The number of hydrogen-bond acceptors (Lipinski definition) is 8. The number of ether oxygens (including phenoxy) is 1. The van der Waals surface area contributed by atoms with Crippen molar-refractivity contribution in [3.8, 4) is 0 Å². The number of carbonyl (C=O) groups is 3. The Hall–Kier alpha value is -3.06. The molecule has 12 heteroatoms. The van der Waals surface area contributed by atoms with Gasteiger partial charge in [-0.25, -0.2) is 8.42 Å². The normalized spacial score (nSPS) is 17.2. The number of amides is 2. The van der Waals surface area contributed by atoms with Crippen molar-refractivity contribution in [3.05, 3.63) is 42.5 Å². The minimum absolute atomic E-state index is 0.00545. The Balaban J connectivity index is 1.31. The van der Waals surface area contributed by atoms with Crippen molar-refractivity contribution >= 4 is 38.6 Å². The van der Waals surface area contributed by atoms with E-state index >= 15 is 0 Å². The molecule has 2 aliphatic heterocycles. The molecule has 0 radical (unpaired) electrons. The summed E-state index contributed by atoms with van der Waals surface area (Å²) in [5.41, 5.74) is 0. The Morgan fingerprint density at radius 3 is 2.07 bits per heavy atom. The molecule has 0 bridgehead atoms. The van der Waals surface area contributed by atoms with E-state index in [4.69, 9.17) is 4.74 Å². The average molecular weight is 644 g/mol. The largest absolute Gasteiger partial charge is 0.465 e. The van der Waals surface area contributed by atoms with Gasteiger partial charge in [-0.15, -0.1) is 0 Å². The van der Waals surface area contributed by atoms with E-state index < -0.39 is 27.9 Å². The molecule has 0 saturated carbocycles. The fraction of sp³-hybridized carbons (Fsp3) is 0.606. The number of fused-ring (bicyclic) bond motifs is 1. The molecule has 1 unspecified atom stereocenters. The monoisotopic (exact) mass is 643 g/mol. The fourth-order valence-electron chi connectivity index (χ4n) is 6.22. The summed E-state index contributed by atoms with van der Waals surface area (Å²) in [5, 5.41) is 13.8. The van der Waals surface area contributed by atoms with Crippen LogP contribution in [0.1, 0.15) is 58.3 Å². The van der Waals surface area contributed by atoms with E-state index in [1.807, 2.05) is 18.2 Å². The topological polar surface area (TPSA) is 155 Å². The minimum atomic E-state index is -4.11. The Labute approximate surface area is 267 Å². The van der Waals surface area contributed by atoms with Gasteiger partial charge in [0.05, 0.1) is 18.0 Å². The van der Waals surface area contributed by atoms with E-state index in [1.54, 1.807) is 19.1 Å². The molecule has 4 rings (SSSR count).